The fraction of sp³-hybridized carbons (Fsp3) is 0.600. The number of hydrogen-bond donors (Lipinski definition) is 0. The lowest BCUT2D eigenvalue weighted by molar-refractivity contribution is -0.0911. The van der Waals surface area contributed by atoms with E-state index in [0.29, 0.717) is 17.8 Å². The summed E-state index contributed by atoms with van der Waals surface area (Å²) in [5.41, 5.74) is 1.59. The summed E-state index contributed by atoms with van der Waals surface area (Å²) in [4.78, 5) is 6.63. The minimum absolute atomic E-state index is 0.393. The van der Waals surface area contributed by atoms with Crippen molar-refractivity contribution in [3.63, 3.8) is 0 Å². The second-order valence-corrected chi connectivity index (χ2v) is 5.35. The second-order valence-electron chi connectivity index (χ2n) is 5.35. The molecule has 2 aliphatic rings. The smallest absolute Gasteiger partial charge is 0.144 e. The molecule has 3 rings (SSSR count). The Labute approximate surface area is 114 Å². The molecular weight excluding hydrogens is 238 g/mol. The van der Waals surface area contributed by atoms with Gasteiger partial charge in [0.05, 0.1) is 12.7 Å². The summed E-state index contributed by atoms with van der Waals surface area (Å²) in [6, 6.07) is 6.64. The molecule has 1 aliphatic heterocycles. The number of hydrogen-bond acceptors (Lipinski definition) is 4. The van der Waals surface area contributed by atoms with Crippen LogP contribution in [0.1, 0.15) is 36.9 Å². The zero-order chi connectivity index (χ0) is 13.1. The minimum Gasteiger partial charge on any atom is -0.375 e. The van der Waals surface area contributed by atoms with E-state index in [1.807, 2.05) is 12.1 Å². The third-order valence-corrected chi connectivity index (χ3v) is 4.22. The van der Waals surface area contributed by atoms with E-state index in [2.05, 4.69) is 16.0 Å². The standard InChI is InChI=1S/C15H19N3O/c16-10-13-12(4-3-7-17-13)11-18-8-9-19-15-6-2-1-5-14(15)18/h3-4,7,14-15H,1-2,5-6,8-9,11H2. The van der Waals surface area contributed by atoms with Crippen LogP contribution >= 0.6 is 0 Å². The van der Waals surface area contributed by atoms with E-state index >= 15 is 0 Å². The Hall–Kier alpha value is -1.44. The first-order chi connectivity index (χ1) is 9.38. The van der Waals surface area contributed by atoms with Gasteiger partial charge in [-0.15, -0.1) is 0 Å². The van der Waals surface area contributed by atoms with Gasteiger partial charge in [-0.1, -0.05) is 18.9 Å². The molecule has 2 fully saturated rings. The Morgan fingerprint density at radius 1 is 1.42 bits per heavy atom. The molecule has 1 saturated heterocycles. The quantitative estimate of drug-likeness (QED) is 0.814. The van der Waals surface area contributed by atoms with Gasteiger partial charge in [-0.25, -0.2) is 4.98 Å². The predicted octanol–water partition coefficient (Wildman–Crippen LogP) is 2.10. The van der Waals surface area contributed by atoms with Crippen LogP contribution in [0.5, 0.6) is 0 Å². The minimum atomic E-state index is 0.393. The number of rotatable bonds is 2. The third-order valence-electron chi connectivity index (χ3n) is 4.22. The molecule has 1 aliphatic carbocycles. The van der Waals surface area contributed by atoms with E-state index in [4.69, 9.17) is 10.00 Å². The summed E-state index contributed by atoms with van der Waals surface area (Å²) in [6.07, 6.45) is 7.05. The molecule has 2 unspecified atom stereocenters. The number of pyridine rings is 1. The number of nitrogens with zero attached hydrogens (tertiary/aromatic N) is 3. The van der Waals surface area contributed by atoms with E-state index in [0.717, 1.165) is 25.3 Å². The van der Waals surface area contributed by atoms with Crippen molar-refractivity contribution in [3.05, 3.63) is 29.6 Å². The average Bonchev–Trinajstić information content (AvgIpc) is 2.48. The summed E-state index contributed by atoms with van der Waals surface area (Å²) >= 11 is 0. The van der Waals surface area contributed by atoms with Crippen molar-refractivity contribution in [2.75, 3.05) is 13.2 Å². The van der Waals surface area contributed by atoms with Gasteiger partial charge in [-0.3, -0.25) is 4.90 Å². The van der Waals surface area contributed by atoms with Crippen LogP contribution in [-0.4, -0.2) is 35.2 Å². The predicted molar refractivity (Wildman–Crippen MR) is 71.4 cm³/mol. The summed E-state index contributed by atoms with van der Waals surface area (Å²) in [7, 11) is 0. The molecule has 4 nitrogen and oxygen atoms in total. The summed E-state index contributed by atoms with van der Waals surface area (Å²) < 4.78 is 5.88. The first-order valence-electron chi connectivity index (χ1n) is 7.08. The lowest BCUT2D eigenvalue weighted by atomic mass is 9.90. The molecule has 1 aromatic heterocycles. The van der Waals surface area contributed by atoms with Gasteiger partial charge in [0.1, 0.15) is 11.8 Å². The van der Waals surface area contributed by atoms with Gasteiger partial charge in [0.25, 0.3) is 0 Å². The fourth-order valence-corrected chi connectivity index (χ4v) is 3.26. The van der Waals surface area contributed by atoms with Crippen LogP contribution < -0.4 is 0 Å². The van der Waals surface area contributed by atoms with E-state index < -0.39 is 0 Å². The molecule has 19 heavy (non-hydrogen) atoms. The Balaban J connectivity index is 1.76. The molecule has 2 atom stereocenters. The summed E-state index contributed by atoms with van der Waals surface area (Å²) in [5.74, 6) is 0. The first kappa shape index (κ1) is 12.6. The topological polar surface area (TPSA) is 49.2 Å². The van der Waals surface area contributed by atoms with E-state index in [1.54, 1.807) is 6.20 Å². The highest BCUT2D eigenvalue weighted by atomic mass is 16.5. The molecule has 0 bridgehead atoms. The van der Waals surface area contributed by atoms with Crippen LogP contribution in [0.25, 0.3) is 0 Å². The first-order valence-corrected chi connectivity index (χ1v) is 7.08. The molecule has 1 saturated carbocycles. The Morgan fingerprint density at radius 3 is 3.21 bits per heavy atom. The highest BCUT2D eigenvalue weighted by Crippen LogP contribution is 2.29. The maximum atomic E-state index is 9.12. The van der Waals surface area contributed by atoms with Crippen LogP contribution in [0.15, 0.2) is 18.3 Å². The molecule has 0 spiro atoms. The molecule has 0 N–H and O–H groups in total. The largest absolute Gasteiger partial charge is 0.375 e. The van der Waals surface area contributed by atoms with Crippen molar-refractivity contribution in [3.8, 4) is 6.07 Å². The van der Waals surface area contributed by atoms with Crippen molar-refractivity contribution in [2.45, 2.75) is 44.4 Å². The lowest BCUT2D eigenvalue weighted by Crippen LogP contribution is -2.52. The van der Waals surface area contributed by atoms with Crippen molar-refractivity contribution in [1.82, 2.24) is 9.88 Å². The van der Waals surface area contributed by atoms with Gasteiger partial charge >= 0.3 is 0 Å². The average molecular weight is 257 g/mol. The van der Waals surface area contributed by atoms with Crippen molar-refractivity contribution < 1.29 is 4.74 Å². The van der Waals surface area contributed by atoms with E-state index in [-0.39, 0.29) is 0 Å². The van der Waals surface area contributed by atoms with Gasteiger partial charge in [0.2, 0.25) is 0 Å². The third kappa shape index (κ3) is 2.63. The number of ether oxygens (including phenoxy) is 1. The van der Waals surface area contributed by atoms with Crippen LogP contribution in [0, 0.1) is 11.3 Å². The number of fused-ring (bicyclic) bond motifs is 1. The van der Waals surface area contributed by atoms with Crippen molar-refractivity contribution >= 4 is 0 Å². The molecule has 100 valence electrons. The zero-order valence-corrected chi connectivity index (χ0v) is 11.1. The van der Waals surface area contributed by atoms with Gasteiger partial charge in [-0.2, -0.15) is 5.26 Å². The van der Waals surface area contributed by atoms with Crippen LogP contribution in [0.3, 0.4) is 0 Å². The Bertz CT molecular complexity index is 481. The Morgan fingerprint density at radius 2 is 2.32 bits per heavy atom. The molecule has 0 radical (unpaired) electrons. The molecular formula is C15H19N3O. The molecule has 0 amide bonds. The van der Waals surface area contributed by atoms with E-state index in [1.165, 1.54) is 25.7 Å². The van der Waals surface area contributed by atoms with Gasteiger partial charge < -0.3 is 4.74 Å². The number of nitriles is 1. The zero-order valence-electron chi connectivity index (χ0n) is 11.1. The highest BCUT2D eigenvalue weighted by molar-refractivity contribution is 5.30. The van der Waals surface area contributed by atoms with Crippen molar-refractivity contribution in [1.29, 1.82) is 5.26 Å². The summed E-state index contributed by atoms with van der Waals surface area (Å²) in [5, 5.41) is 9.12. The molecule has 4 heteroatoms. The Kier molecular flexibility index (Phi) is 3.77. The number of aromatic nitrogens is 1. The lowest BCUT2D eigenvalue weighted by Gasteiger charge is -2.43. The maximum absolute atomic E-state index is 9.12. The van der Waals surface area contributed by atoms with Gasteiger partial charge in [0.15, 0.2) is 0 Å². The van der Waals surface area contributed by atoms with Crippen molar-refractivity contribution in [2.24, 2.45) is 0 Å². The van der Waals surface area contributed by atoms with Crippen LogP contribution in [0.2, 0.25) is 0 Å². The van der Waals surface area contributed by atoms with Gasteiger partial charge in [-0.05, 0) is 18.9 Å². The number of morpholine rings is 1. The fourth-order valence-electron chi connectivity index (χ4n) is 3.26. The van der Waals surface area contributed by atoms with Gasteiger partial charge in [0, 0.05) is 30.9 Å². The maximum Gasteiger partial charge on any atom is 0.144 e. The van der Waals surface area contributed by atoms with Crippen LogP contribution in [0.4, 0.5) is 0 Å². The van der Waals surface area contributed by atoms with Crippen LogP contribution in [-0.2, 0) is 11.3 Å². The highest BCUT2D eigenvalue weighted by Gasteiger charge is 2.34. The molecule has 1 aromatic rings. The molecule has 0 aromatic carbocycles. The summed E-state index contributed by atoms with van der Waals surface area (Å²) in [6.45, 7) is 2.59. The van der Waals surface area contributed by atoms with E-state index in [9.17, 15) is 0 Å². The normalized spacial score (nSPS) is 27.5. The SMILES string of the molecule is N#Cc1ncccc1CN1CCOC2CCCCC21. The molecule has 2 heterocycles. The monoisotopic (exact) mass is 257 g/mol. The second kappa shape index (κ2) is 5.68.